The topological polar surface area (TPSA) is 55.1 Å². The first-order valence-electron chi connectivity index (χ1n) is 7.72. The van der Waals surface area contributed by atoms with Crippen molar-refractivity contribution in [2.75, 3.05) is 12.3 Å². The number of nitrogens with two attached hydrogens (primary N) is 1. The minimum absolute atomic E-state index is 0.0765. The summed E-state index contributed by atoms with van der Waals surface area (Å²) in [6, 6.07) is 14.2. The molecule has 3 heteroatoms. The predicted molar refractivity (Wildman–Crippen MR) is 91.8 cm³/mol. The van der Waals surface area contributed by atoms with E-state index in [4.69, 9.17) is 5.73 Å². The van der Waals surface area contributed by atoms with Crippen molar-refractivity contribution in [2.45, 2.75) is 33.1 Å². The van der Waals surface area contributed by atoms with Gasteiger partial charge in [-0.1, -0.05) is 47.5 Å². The van der Waals surface area contributed by atoms with Crippen LogP contribution in [0.2, 0.25) is 0 Å². The summed E-state index contributed by atoms with van der Waals surface area (Å²) in [5.41, 5.74) is 11.5. The molecule has 0 aliphatic heterocycles. The SMILES string of the molecule is Cc1cc(C)cc(CCNC(=O)CCc2ccccc2N)c1. The number of carbonyl (C=O) groups excluding carboxylic acids is 1. The van der Waals surface area contributed by atoms with Crippen molar-refractivity contribution < 1.29 is 4.79 Å². The van der Waals surface area contributed by atoms with Crippen LogP contribution in [0, 0.1) is 13.8 Å². The quantitative estimate of drug-likeness (QED) is 0.804. The molecule has 2 aromatic rings. The van der Waals surface area contributed by atoms with Crippen LogP contribution in [0.4, 0.5) is 5.69 Å². The van der Waals surface area contributed by atoms with Crippen LogP contribution in [0.3, 0.4) is 0 Å². The van der Waals surface area contributed by atoms with Gasteiger partial charge in [-0.25, -0.2) is 0 Å². The maximum absolute atomic E-state index is 11.9. The largest absolute Gasteiger partial charge is 0.399 e. The monoisotopic (exact) mass is 296 g/mol. The fraction of sp³-hybridized carbons (Fsp3) is 0.316. The summed E-state index contributed by atoms with van der Waals surface area (Å²) < 4.78 is 0. The van der Waals surface area contributed by atoms with Gasteiger partial charge in [0.1, 0.15) is 0 Å². The lowest BCUT2D eigenvalue weighted by molar-refractivity contribution is -0.121. The summed E-state index contributed by atoms with van der Waals surface area (Å²) >= 11 is 0. The minimum atomic E-state index is 0.0765. The molecule has 2 aromatic carbocycles. The highest BCUT2D eigenvalue weighted by atomic mass is 16.1. The lowest BCUT2D eigenvalue weighted by atomic mass is 10.0. The number of amides is 1. The van der Waals surface area contributed by atoms with Crippen LogP contribution < -0.4 is 11.1 Å². The molecule has 0 fully saturated rings. The summed E-state index contributed by atoms with van der Waals surface area (Å²) in [6.07, 6.45) is 2.02. The molecule has 0 aliphatic carbocycles. The average molecular weight is 296 g/mol. The highest BCUT2D eigenvalue weighted by molar-refractivity contribution is 5.76. The summed E-state index contributed by atoms with van der Waals surface area (Å²) in [4.78, 5) is 11.9. The van der Waals surface area contributed by atoms with Gasteiger partial charge in [0.2, 0.25) is 5.91 Å². The Hall–Kier alpha value is -2.29. The Morgan fingerprint density at radius 1 is 1.05 bits per heavy atom. The van der Waals surface area contributed by atoms with Gasteiger partial charge in [0.25, 0.3) is 0 Å². The fourth-order valence-corrected chi connectivity index (χ4v) is 2.66. The van der Waals surface area contributed by atoms with Crippen LogP contribution in [0.25, 0.3) is 0 Å². The van der Waals surface area contributed by atoms with Gasteiger partial charge in [-0.2, -0.15) is 0 Å². The van der Waals surface area contributed by atoms with E-state index >= 15 is 0 Å². The Morgan fingerprint density at radius 3 is 2.41 bits per heavy atom. The second kappa shape index (κ2) is 7.64. The molecule has 22 heavy (non-hydrogen) atoms. The molecule has 0 aromatic heterocycles. The maximum atomic E-state index is 11.9. The van der Waals surface area contributed by atoms with Gasteiger partial charge < -0.3 is 11.1 Å². The first-order valence-corrected chi connectivity index (χ1v) is 7.72. The fourth-order valence-electron chi connectivity index (χ4n) is 2.66. The van der Waals surface area contributed by atoms with Gasteiger partial charge in [0.05, 0.1) is 0 Å². The second-order valence-electron chi connectivity index (χ2n) is 5.79. The molecular formula is C19H24N2O. The molecule has 3 nitrogen and oxygen atoms in total. The zero-order valence-electron chi connectivity index (χ0n) is 13.4. The number of aryl methyl sites for hydroxylation is 3. The average Bonchev–Trinajstić information content (AvgIpc) is 2.45. The second-order valence-corrected chi connectivity index (χ2v) is 5.79. The number of anilines is 1. The van der Waals surface area contributed by atoms with Gasteiger partial charge in [0, 0.05) is 18.7 Å². The van der Waals surface area contributed by atoms with Crippen LogP contribution in [0.15, 0.2) is 42.5 Å². The smallest absolute Gasteiger partial charge is 0.220 e. The summed E-state index contributed by atoms with van der Waals surface area (Å²) in [5, 5.41) is 2.98. The Bertz CT molecular complexity index is 629. The zero-order valence-corrected chi connectivity index (χ0v) is 13.4. The molecule has 0 saturated carbocycles. The summed E-state index contributed by atoms with van der Waals surface area (Å²) in [5.74, 6) is 0.0765. The first kappa shape index (κ1) is 16.1. The molecule has 0 aliphatic rings. The van der Waals surface area contributed by atoms with E-state index in [0.29, 0.717) is 19.4 Å². The van der Waals surface area contributed by atoms with Crippen LogP contribution in [-0.2, 0) is 17.6 Å². The number of hydrogen-bond acceptors (Lipinski definition) is 2. The van der Waals surface area contributed by atoms with Crippen LogP contribution in [-0.4, -0.2) is 12.5 Å². The Kier molecular flexibility index (Phi) is 5.59. The highest BCUT2D eigenvalue weighted by Gasteiger charge is 2.04. The number of nitrogens with one attached hydrogen (secondary N) is 1. The van der Waals surface area contributed by atoms with Crippen LogP contribution >= 0.6 is 0 Å². The first-order chi connectivity index (χ1) is 10.5. The minimum Gasteiger partial charge on any atom is -0.399 e. The van der Waals surface area contributed by atoms with E-state index < -0.39 is 0 Å². The number of nitrogen functional groups attached to an aromatic ring is 1. The van der Waals surface area contributed by atoms with Crippen molar-refractivity contribution in [2.24, 2.45) is 0 Å². The molecule has 2 rings (SSSR count). The third-order valence-corrected chi connectivity index (χ3v) is 3.69. The van der Waals surface area contributed by atoms with Gasteiger partial charge in [-0.3, -0.25) is 4.79 Å². The maximum Gasteiger partial charge on any atom is 0.220 e. The van der Waals surface area contributed by atoms with E-state index in [1.165, 1.54) is 16.7 Å². The van der Waals surface area contributed by atoms with Crippen molar-refractivity contribution in [3.63, 3.8) is 0 Å². The molecule has 0 heterocycles. The van der Waals surface area contributed by atoms with E-state index in [2.05, 4.69) is 37.4 Å². The molecule has 0 atom stereocenters. The normalized spacial score (nSPS) is 10.5. The van der Waals surface area contributed by atoms with Gasteiger partial charge >= 0.3 is 0 Å². The molecule has 3 N–H and O–H groups in total. The molecule has 0 radical (unpaired) electrons. The molecule has 0 saturated heterocycles. The van der Waals surface area contributed by atoms with Crippen molar-refractivity contribution >= 4 is 11.6 Å². The summed E-state index contributed by atoms with van der Waals surface area (Å²) in [7, 11) is 0. The van der Waals surface area contributed by atoms with E-state index in [1.54, 1.807) is 0 Å². The van der Waals surface area contributed by atoms with Crippen molar-refractivity contribution in [1.29, 1.82) is 0 Å². The standard InChI is InChI=1S/C19H24N2O/c1-14-11-15(2)13-16(12-14)9-10-21-19(22)8-7-17-5-3-4-6-18(17)20/h3-6,11-13H,7-10,20H2,1-2H3,(H,21,22). The molecule has 0 unspecified atom stereocenters. The van der Waals surface area contributed by atoms with Gasteiger partial charge in [-0.05, 0) is 43.9 Å². The van der Waals surface area contributed by atoms with E-state index in [0.717, 1.165) is 17.7 Å². The number of hydrogen-bond donors (Lipinski definition) is 2. The molecule has 1 amide bonds. The van der Waals surface area contributed by atoms with Gasteiger partial charge in [-0.15, -0.1) is 0 Å². The van der Waals surface area contributed by atoms with Gasteiger partial charge in [0.15, 0.2) is 0 Å². The molecular weight excluding hydrogens is 272 g/mol. The third-order valence-electron chi connectivity index (χ3n) is 3.69. The number of benzene rings is 2. The highest BCUT2D eigenvalue weighted by Crippen LogP contribution is 2.12. The third kappa shape index (κ3) is 4.92. The van der Waals surface area contributed by atoms with Crippen LogP contribution in [0.1, 0.15) is 28.7 Å². The Balaban J connectivity index is 1.75. The molecule has 0 spiro atoms. The van der Waals surface area contributed by atoms with E-state index in [1.807, 2.05) is 24.3 Å². The molecule has 0 bridgehead atoms. The number of para-hydroxylation sites is 1. The van der Waals surface area contributed by atoms with Crippen molar-refractivity contribution in [3.8, 4) is 0 Å². The summed E-state index contributed by atoms with van der Waals surface area (Å²) in [6.45, 7) is 4.87. The van der Waals surface area contributed by atoms with Crippen LogP contribution in [0.5, 0.6) is 0 Å². The zero-order chi connectivity index (χ0) is 15.9. The van der Waals surface area contributed by atoms with Crippen molar-refractivity contribution in [1.82, 2.24) is 5.32 Å². The lowest BCUT2D eigenvalue weighted by Gasteiger charge is -2.08. The van der Waals surface area contributed by atoms with E-state index in [9.17, 15) is 4.79 Å². The van der Waals surface area contributed by atoms with Crippen molar-refractivity contribution in [3.05, 3.63) is 64.7 Å². The number of rotatable bonds is 6. The predicted octanol–water partition coefficient (Wildman–Crippen LogP) is 3.18. The Labute approximate surface area is 132 Å². The lowest BCUT2D eigenvalue weighted by Crippen LogP contribution is -2.26. The van der Waals surface area contributed by atoms with E-state index in [-0.39, 0.29) is 5.91 Å². The Morgan fingerprint density at radius 2 is 1.73 bits per heavy atom. The molecule has 116 valence electrons. The number of carbonyl (C=O) groups is 1.